The van der Waals surface area contributed by atoms with Crippen molar-refractivity contribution in [3.63, 3.8) is 0 Å². The summed E-state index contributed by atoms with van der Waals surface area (Å²) in [5, 5.41) is 65.9. The van der Waals surface area contributed by atoms with Gasteiger partial charge in [0.1, 0.15) is 47.8 Å². The number of amides is 2. The van der Waals surface area contributed by atoms with E-state index < -0.39 is 119 Å². The lowest BCUT2D eigenvalue weighted by atomic mass is 9.44. The zero-order valence-electron chi connectivity index (χ0n) is 52.8. The number of aromatic nitrogens is 2. The lowest BCUT2D eigenvalue weighted by Crippen LogP contribution is -2.81. The minimum atomic E-state index is -2.35. The van der Waals surface area contributed by atoms with Gasteiger partial charge in [-0.1, -0.05) is 107 Å². The number of hydrogen-bond acceptors (Lipinski definition) is 20. The quantitative estimate of drug-likeness (QED) is 0.0410. The van der Waals surface area contributed by atoms with Gasteiger partial charge in [-0.25, -0.2) is 24.4 Å². The summed E-state index contributed by atoms with van der Waals surface area (Å²) in [6.07, 6.45) is -9.77. The fourth-order valence-electron chi connectivity index (χ4n) is 14.3. The van der Waals surface area contributed by atoms with Crippen LogP contribution < -0.4 is 15.5 Å². The smallest absolute Gasteiger partial charge is 0.408 e. The molecule has 22 nitrogen and oxygen atoms in total. The average molecular weight is 1270 g/mol. The molecule has 90 heavy (non-hydrogen) atoms. The molecule has 2 bridgehead atoms. The summed E-state index contributed by atoms with van der Waals surface area (Å²) >= 11 is 6.06. The Labute approximate surface area is 529 Å². The van der Waals surface area contributed by atoms with Crippen LogP contribution in [0.3, 0.4) is 0 Å². The molecule has 2 amide bonds. The second-order valence-electron chi connectivity index (χ2n) is 26.7. The summed E-state index contributed by atoms with van der Waals surface area (Å²) in [5.41, 5.74) is -5.35. The van der Waals surface area contributed by atoms with Gasteiger partial charge in [0.05, 0.1) is 53.4 Å². The van der Waals surface area contributed by atoms with Crippen molar-refractivity contribution in [2.24, 2.45) is 16.7 Å². The molecule has 10 rings (SSSR count). The Kier molecular flexibility index (Phi) is 19.8. The number of rotatable bonds is 14. The normalized spacial score (nSPS) is 29.4. The van der Waals surface area contributed by atoms with Crippen molar-refractivity contribution in [2.45, 2.75) is 179 Å². The maximum Gasteiger partial charge on any atom is 0.408 e. The van der Waals surface area contributed by atoms with Crippen molar-refractivity contribution in [3.8, 4) is 0 Å². The molecule has 3 heterocycles. The van der Waals surface area contributed by atoms with Gasteiger partial charge < -0.3 is 69.7 Å². The molecule has 486 valence electrons. The van der Waals surface area contributed by atoms with E-state index in [0.29, 0.717) is 55.8 Å². The third kappa shape index (κ3) is 13.0. The molecule has 7 N–H and O–H groups in total. The molecule has 0 unspecified atom stereocenters. The molecule has 2 saturated heterocycles. The van der Waals surface area contributed by atoms with Crippen molar-refractivity contribution in [1.82, 2.24) is 25.5 Å². The summed E-state index contributed by atoms with van der Waals surface area (Å²) in [6, 6.07) is 22.5. The number of alkyl carbamates (subject to hydrolysis) is 1. The first-order valence-corrected chi connectivity index (χ1v) is 31.1. The Morgan fingerprint density at radius 1 is 0.867 bits per heavy atom. The van der Waals surface area contributed by atoms with Gasteiger partial charge in [0, 0.05) is 74.5 Å². The van der Waals surface area contributed by atoms with Gasteiger partial charge in [-0.05, 0) is 93.5 Å². The molecule has 2 saturated carbocycles. The molecular formula is C67H85ClN6O16. The third-order valence-corrected chi connectivity index (χ3v) is 19.3. The van der Waals surface area contributed by atoms with Crippen LogP contribution in [0.15, 0.2) is 102 Å². The first kappa shape index (κ1) is 67.5. The number of nitrogens with zero attached hydrogens (tertiary/aromatic N) is 4. The number of benzene rings is 3. The van der Waals surface area contributed by atoms with Crippen LogP contribution in [0, 0.1) is 16.7 Å². The molecule has 23 heteroatoms. The van der Waals surface area contributed by atoms with E-state index in [1.54, 1.807) is 89.5 Å². The lowest BCUT2D eigenvalue weighted by molar-refractivity contribution is -0.346. The molecule has 4 fully saturated rings. The SMILES string of the molecule is CC(=O)O[C@@]12CO[C@@H]1C[C@H](O)[C@@]1(C)C(=O)[C@H](O)C3=C(C)[C@@H](OC(=O)[C@H](O)[C@@H](NC(=O)OC(C)(C)C)c4ccccc4)C[C@@](O)([C@@H](OC(=O)c4ccccc4)[C@H]21)C3(C)C.CC(C)NC[C@@H](C(=O)N1CCN(c2ncnc3c2[C@H](C)C[C@H]3O)CC1)c1ccc(Cl)cc1. The summed E-state index contributed by atoms with van der Waals surface area (Å²) in [7, 11) is 0. The van der Waals surface area contributed by atoms with E-state index in [2.05, 4.69) is 46.3 Å². The highest BCUT2D eigenvalue weighted by atomic mass is 35.5. The number of anilines is 1. The highest BCUT2D eigenvalue weighted by molar-refractivity contribution is 6.30. The van der Waals surface area contributed by atoms with Gasteiger partial charge in [0.2, 0.25) is 5.91 Å². The fraction of sp³-hybridized carbons (Fsp3) is 0.552. The van der Waals surface area contributed by atoms with Gasteiger partial charge in [0.25, 0.3) is 0 Å². The maximum absolute atomic E-state index is 14.9. The number of carbonyl (C=O) groups excluding carboxylic acids is 6. The number of Topliss-reactive ketones (excluding diaryl/α,β-unsaturated/α-hetero) is 1. The third-order valence-electron chi connectivity index (χ3n) is 19.0. The highest BCUT2D eigenvalue weighted by Gasteiger charge is 2.78. The molecule has 4 aliphatic carbocycles. The zero-order valence-corrected chi connectivity index (χ0v) is 53.6. The van der Waals surface area contributed by atoms with Crippen LogP contribution in [0.25, 0.3) is 0 Å². The number of esters is 3. The minimum Gasteiger partial charge on any atom is -0.456 e. The Hall–Kier alpha value is -6.89. The molecule has 3 aromatic carbocycles. The number of ether oxygens (including phenoxy) is 5. The summed E-state index contributed by atoms with van der Waals surface area (Å²) in [5.74, 6) is -4.34. The van der Waals surface area contributed by atoms with Crippen LogP contribution >= 0.6 is 11.6 Å². The topological polar surface area (TPSA) is 306 Å². The van der Waals surface area contributed by atoms with Crippen LogP contribution in [0.5, 0.6) is 0 Å². The maximum atomic E-state index is 14.9. The monoisotopic (exact) mass is 1260 g/mol. The number of ketones is 1. The number of hydrogen-bond donors (Lipinski definition) is 7. The lowest BCUT2D eigenvalue weighted by Gasteiger charge is -2.67. The van der Waals surface area contributed by atoms with Crippen LogP contribution in [-0.4, -0.2) is 175 Å². The highest BCUT2D eigenvalue weighted by Crippen LogP contribution is 2.64. The van der Waals surface area contributed by atoms with E-state index in [4.69, 9.17) is 35.3 Å². The Morgan fingerprint density at radius 2 is 1.50 bits per heavy atom. The molecule has 0 spiro atoms. The number of nitrogens with one attached hydrogen (secondary N) is 2. The fourth-order valence-corrected chi connectivity index (χ4v) is 14.4. The van der Waals surface area contributed by atoms with Gasteiger partial charge in [0.15, 0.2) is 17.5 Å². The number of halogens is 1. The molecule has 2 aliphatic heterocycles. The van der Waals surface area contributed by atoms with Crippen molar-refractivity contribution >= 4 is 53.1 Å². The van der Waals surface area contributed by atoms with Crippen LogP contribution in [0.4, 0.5) is 10.6 Å². The molecule has 0 radical (unpaired) electrons. The number of fused-ring (bicyclic) bond motifs is 6. The molecule has 4 aromatic rings. The predicted octanol–water partition coefficient (Wildman–Crippen LogP) is 6.36. The summed E-state index contributed by atoms with van der Waals surface area (Å²) in [6.45, 7) is 21.4. The van der Waals surface area contributed by atoms with Crippen molar-refractivity contribution in [1.29, 1.82) is 0 Å². The van der Waals surface area contributed by atoms with Gasteiger partial charge >= 0.3 is 24.0 Å². The first-order valence-electron chi connectivity index (χ1n) is 30.7. The van der Waals surface area contributed by atoms with Crippen molar-refractivity contribution in [3.05, 3.63) is 135 Å². The minimum absolute atomic E-state index is 0.0637. The second-order valence-corrected chi connectivity index (χ2v) is 27.1. The number of aliphatic hydroxyl groups is 5. The molecule has 1 aromatic heterocycles. The van der Waals surface area contributed by atoms with Gasteiger partial charge in [-0.3, -0.25) is 14.4 Å². The van der Waals surface area contributed by atoms with Crippen molar-refractivity contribution in [2.75, 3.05) is 44.2 Å². The molecule has 14 atom stereocenters. The summed E-state index contributed by atoms with van der Waals surface area (Å²) < 4.78 is 29.5. The molecular weight excluding hydrogens is 1180 g/mol. The van der Waals surface area contributed by atoms with E-state index in [-0.39, 0.29) is 47.5 Å². The van der Waals surface area contributed by atoms with E-state index in [1.165, 1.54) is 26.0 Å². The van der Waals surface area contributed by atoms with Crippen molar-refractivity contribution < 1.29 is 78.0 Å². The second kappa shape index (κ2) is 26.4. The number of piperazine rings is 1. The zero-order chi connectivity index (χ0) is 65.6. The van der Waals surface area contributed by atoms with E-state index in [9.17, 15) is 54.3 Å². The standard InChI is InChI=1S/C43H53NO14.C24H32ClN5O2/c1-22-26(55-37(51)32(48)30(24-15-11-9-12-16-24)44-38(52)58-39(3,4)5)20-43(53)35(56-36(50)25-17-13-10-14-18-25)33-41(8,34(49)31(47)29(22)40(43,6)7)27(46)19-28-42(33,21-54-28)57-23(2)45;1-15(2)26-13-19(17-4-6-18(25)7-5-17)24(32)30-10-8-29(9-11-30)23-21-16(3)12-20(31)22(21)27-14-28-23/h9-18,26-28,30-33,35,46-48,53H,19-21H2,1-8H3,(H,44,52);4-7,14-16,19-20,26,31H,8-13H2,1-3H3/t26-,27-,28+,30-,31+,32+,33-,35-,41+,42-,43+;16-,19-,20-/m01/s1. The summed E-state index contributed by atoms with van der Waals surface area (Å²) in [4.78, 5) is 95.5. The van der Waals surface area contributed by atoms with Crippen LogP contribution in [0.2, 0.25) is 5.02 Å². The Bertz CT molecular complexity index is 3340. The van der Waals surface area contributed by atoms with Gasteiger partial charge in [-0.2, -0.15) is 0 Å². The number of carbonyl (C=O) groups is 6. The molecule has 6 aliphatic rings. The van der Waals surface area contributed by atoms with Gasteiger partial charge in [-0.15, -0.1) is 0 Å². The van der Waals surface area contributed by atoms with Crippen LogP contribution in [-0.2, 0) is 42.9 Å². The average Bonchev–Trinajstić information content (AvgIpc) is 0.737. The Morgan fingerprint density at radius 3 is 2.09 bits per heavy atom. The first-order chi connectivity index (χ1) is 42.3. The van der Waals surface area contributed by atoms with E-state index in [1.807, 2.05) is 29.2 Å². The van der Waals surface area contributed by atoms with Crippen LogP contribution in [0.1, 0.15) is 152 Å². The predicted molar refractivity (Wildman–Crippen MR) is 330 cm³/mol. The Balaban J connectivity index is 0.000000252. The van der Waals surface area contributed by atoms with E-state index >= 15 is 0 Å². The largest absolute Gasteiger partial charge is 0.456 e. The van der Waals surface area contributed by atoms with E-state index in [0.717, 1.165) is 29.6 Å². The number of aliphatic hydroxyl groups excluding tert-OH is 4.